The molecule has 0 aliphatic rings. The van der Waals surface area contributed by atoms with Crippen molar-refractivity contribution in [3.8, 4) is 11.6 Å². The number of halogens is 1. The third-order valence-corrected chi connectivity index (χ3v) is 4.12. The SMILES string of the molecule is CCn1c(CNc2nccc(Oc3ccc(F)cc3)n2)nc2ccccc21. The average molecular weight is 363 g/mol. The molecule has 0 saturated heterocycles. The van der Waals surface area contributed by atoms with Gasteiger partial charge in [0.15, 0.2) is 0 Å². The number of ether oxygens (including phenoxy) is 1. The molecule has 1 N–H and O–H groups in total. The van der Waals surface area contributed by atoms with Gasteiger partial charge in [-0.15, -0.1) is 0 Å². The van der Waals surface area contributed by atoms with Crippen molar-refractivity contribution in [3.63, 3.8) is 0 Å². The first-order valence-corrected chi connectivity index (χ1v) is 8.67. The van der Waals surface area contributed by atoms with Crippen molar-refractivity contribution in [2.24, 2.45) is 0 Å². The number of hydrogen-bond acceptors (Lipinski definition) is 5. The van der Waals surface area contributed by atoms with Gasteiger partial charge in [0.1, 0.15) is 17.4 Å². The molecule has 2 aromatic carbocycles. The van der Waals surface area contributed by atoms with Crippen LogP contribution in [0.15, 0.2) is 60.8 Å². The van der Waals surface area contributed by atoms with Gasteiger partial charge in [-0.1, -0.05) is 12.1 Å². The summed E-state index contributed by atoms with van der Waals surface area (Å²) in [5.74, 6) is 1.92. The zero-order chi connectivity index (χ0) is 18.6. The summed E-state index contributed by atoms with van der Waals surface area (Å²) in [5, 5.41) is 3.19. The van der Waals surface area contributed by atoms with E-state index in [0.717, 1.165) is 23.4 Å². The Morgan fingerprint density at radius 3 is 2.67 bits per heavy atom. The van der Waals surface area contributed by atoms with Gasteiger partial charge in [0.05, 0.1) is 17.6 Å². The molecule has 0 radical (unpaired) electrons. The molecule has 0 bridgehead atoms. The Bertz CT molecular complexity index is 1060. The van der Waals surface area contributed by atoms with E-state index in [1.165, 1.54) is 12.1 Å². The van der Waals surface area contributed by atoms with Gasteiger partial charge >= 0.3 is 0 Å². The molecular formula is C20H18FN5O. The maximum atomic E-state index is 13.0. The summed E-state index contributed by atoms with van der Waals surface area (Å²) >= 11 is 0. The maximum absolute atomic E-state index is 13.0. The summed E-state index contributed by atoms with van der Waals surface area (Å²) in [5.41, 5.74) is 2.07. The van der Waals surface area contributed by atoms with Crippen LogP contribution in [0.25, 0.3) is 11.0 Å². The van der Waals surface area contributed by atoms with Crippen LogP contribution in [0.1, 0.15) is 12.7 Å². The van der Waals surface area contributed by atoms with Gasteiger partial charge in [-0.3, -0.25) is 0 Å². The smallest absolute Gasteiger partial charge is 0.226 e. The fraction of sp³-hybridized carbons (Fsp3) is 0.150. The molecule has 6 nitrogen and oxygen atoms in total. The van der Waals surface area contributed by atoms with Crippen LogP contribution in [0.5, 0.6) is 11.6 Å². The minimum atomic E-state index is -0.314. The number of fused-ring (bicyclic) bond motifs is 1. The molecule has 4 rings (SSSR count). The number of rotatable bonds is 6. The molecule has 2 heterocycles. The Kier molecular flexibility index (Phi) is 4.65. The van der Waals surface area contributed by atoms with E-state index < -0.39 is 0 Å². The van der Waals surface area contributed by atoms with Crippen molar-refractivity contribution in [2.45, 2.75) is 20.0 Å². The van der Waals surface area contributed by atoms with E-state index in [-0.39, 0.29) is 5.82 Å². The Balaban J connectivity index is 1.49. The second kappa shape index (κ2) is 7.41. The maximum Gasteiger partial charge on any atom is 0.226 e. The third-order valence-electron chi connectivity index (χ3n) is 4.12. The molecule has 136 valence electrons. The van der Waals surface area contributed by atoms with Crippen LogP contribution in [0.2, 0.25) is 0 Å². The average Bonchev–Trinajstić information content (AvgIpc) is 3.06. The molecular weight excluding hydrogens is 345 g/mol. The number of nitrogens with one attached hydrogen (secondary N) is 1. The van der Waals surface area contributed by atoms with Crippen molar-refractivity contribution in [3.05, 3.63) is 72.4 Å². The van der Waals surface area contributed by atoms with Crippen LogP contribution in [-0.2, 0) is 13.1 Å². The lowest BCUT2D eigenvalue weighted by molar-refractivity contribution is 0.460. The molecule has 0 aliphatic heterocycles. The van der Waals surface area contributed by atoms with E-state index in [4.69, 9.17) is 4.74 Å². The van der Waals surface area contributed by atoms with E-state index in [9.17, 15) is 4.39 Å². The van der Waals surface area contributed by atoms with Crippen LogP contribution in [-0.4, -0.2) is 19.5 Å². The van der Waals surface area contributed by atoms with E-state index in [1.807, 2.05) is 18.2 Å². The second-order valence-corrected chi connectivity index (χ2v) is 5.89. The molecule has 4 aromatic rings. The second-order valence-electron chi connectivity index (χ2n) is 5.89. The summed E-state index contributed by atoms with van der Waals surface area (Å²) in [6.07, 6.45) is 1.61. The summed E-state index contributed by atoms with van der Waals surface area (Å²) in [6.45, 7) is 3.40. The Morgan fingerprint density at radius 2 is 1.85 bits per heavy atom. The largest absolute Gasteiger partial charge is 0.439 e. The highest BCUT2D eigenvalue weighted by atomic mass is 19.1. The molecule has 27 heavy (non-hydrogen) atoms. The fourth-order valence-electron chi connectivity index (χ4n) is 2.88. The summed E-state index contributed by atoms with van der Waals surface area (Å²) in [7, 11) is 0. The van der Waals surface area contributed by atoms with Crippen LogP contribution >= 0.6 is 0 Å². The van der Waals surface area contributed by atoms with Crippen molar-refractivity contribution in [1.82, 2.24) is 19.5 Å². The lowest BCUT2D eigenvalue weighted by atomic mass is 10.3. The number of nitrogens with zero attached hydrogens (tertiary/aromatic N) is 4. The molecule has 2 aromatic heterocycles. The number of aryl methyl sites for hydroxylation is 1. The number of hydrogen-bond donors (Lipinski definition) is 1. The monoisotopic (exact) mass is 363 g/mol. The topological polar surface area (TPSA) is 64.9 Å². The van der Waals surface area contributed by atoms with Crippen LogP contribution < -0.4 is 10.1 Å². The van der Waals surface area contributed by atoms with E-state index >= 15 is 0 Å². The first kappa shape index (κ1) is 17.0. The number of benzene rings is 2. The fourth-order valence-corrected chi connectivity index (χ4v) is 2.88. The van der Waals surface area contributed by atoms with Crippen LogP contribution in [0.4, 0.5) is 10.3 Å². The van der Waals surface area contributed by atoms with Gasteiger partial charge in [0.25, 0.3) is 0 Å². The molecule has 0 unspecified atom stereocenters. The van der Waals surface area contributed by atoms with Gasteiger partial charge in [-0.05, 0) is 43.3 Å². The van der Waals surface area contributed by atoms with Crippen LogP contribution in [0, 0.1) is 5.82 Å². The molecule has 0 aliphatic carbocycles. The summed E-state index contributed by atoms with van der Waals surface area (Å²) < 4.78 is 20.8. The third kappa shape index (κ3) is 3.72. The number of aromatic nitrogens is 4. The predicted octanol–water partition coefficient (Wildman–Crippen LogP) is 4.39. The highest BCUT2D eigenvalue weighted by Gasteiger charge is 2.09. The molecule has 0 fully saturated rings. The van der Waals surface area contributed by atoms with E-state index in [0.29, 0.717) is 24.1 Å². The van der Waals surface area contributed by atoms with Crippen molar-refractivity contribution in [1.29, 1.82) is 0 Å². The Morgan fingerprint density at radius 1 is 1.04 bits per heavy atom. The van der Waals surface area contributed by atoms with Crippen molar-refractivity contribution in [2.75, 3.05) is 5.32 Å². The Hall–Kier alpha value is -3.48. The first-order valence-electron chi connectivity index (χ1n) is 8.67. The van der Waals surface area contributed by atoms with Crippen molar-refractivity contribution >= 4 is 17.0 Å². The zero-order valence-electron chi connectivity index (χ0n) is 14.8. The molecule has 7 heteroatoms. The van der Waals surface area contributed by atoms with Gasteiger partial charge in [-0.2, -0.15) is 4.98 Å². The quantitative estimate of drug-likeness (QED) is 0.550. The molecule has 0 atom stereocenters. The normalized spacial score (nSPS) is 10.9. The number of anilines is 1. The Labute approximate surface area is 155 Å². The van der Waals surface area contributed by atoms with E-state index in [1.54, 1.807) is 24.4 Å². The van der Waals surface area contributed by atoms with Gasteiger partial charge in [0.2, 0.25) is 11.8 Å². The zero-order valence-corrected chi connectivity index (χ0v) is 14.8. The predicted molar refractivity (Wildman–Crippen MR) is 101 cm³/mol. The van der Waals surface area contributed by atoms with Gasteiger partial charge in [0, 0.05) is 18.8 Å². The highest BCUT2D eigenvalue weighted by molar-refractivity contribution is 5.75. The lowest BCUT2D eigenvalue weighted by Crippen LogP contribution is -2.10. The summed E-state index contributed by atoms with van der Waals surface area (Å²) in [6, 6.07) is 15.5. The number of para-hydroxylation sites is 2. The standard InChI is InChI=1S/C20H18FN5O/c1-2-26-17-6-4-3-5-16(17)24-18(26)13-23-20-22-12-11-19(25-20)27-15-9-7-14(21)8-10-15/h3-12H,2,13H2,1H3,(H,22,23,25). The lowest BCUT2D eigenvalue weighted by Gasteiger charge is -2.09. The van der Waals surface area contributed by atoms with Crippen molar-refractivity contribution < 1.29 is 9.13 Å². The minimum absolute atomic E-state index is 0.314. The van der Waals surface area contributed by atoms with Gasteiger partial charge < -0.3 is 14.6 Å². The molecule has 0 amide bonds. The highest BCUT2D eigenvalue weighted by Crippen LogP contribution is 2.21. The number of imidazole rings is 1. The van der Waals surface area contributed by atoms with Gasteiger partial charge in [-0.25, -0.2) is 14.4 Å². The van der Waals surface area contributed by atoms with E-state index in [2.05, 4.69) is 37.8 Å². The minimum Gasteiger partial charge on any atom is -0.439 e. The van der Waals surface area contributed by atoms with Crippen LogP contribution in [0.3, 0.4) is 0 Å². The first-order chi connectivity index (χ1) is 13.2. The summed E-state index contributed by atoms with van der Waals surface area (Å²) in [4.78, 5) is 13.2. The molecule has 0 saturated carbocycles. The molecule has 0 spiro atoms.